The molecular weight excluding hydrogens is 356 g/mol. The number of rotatable bonds is 5. The second kappa shape index (κ2) is 8.76. The lowest BCUT2D eigenvalue weighted by molar-refractivity contribution is 0.0945. The third kappa shape index (κ3) is 4.97. The summed E-state index contributed by atoms with van der Waals surface area (Å²) in [5.74, 6) is 0.883. The molecule has 0 saturated carbocycles. The number of piperidine rings is 1. The number of aromatic nitrogens is 2. The molecular formula is C14H24BrClN4O. The van der Waals surface area contributed by atoms with E-state index in [4.69, 9.17) is 0 Å². The average molecular weight is 380 g/mol. The van der Waals surface area contributed by atoms with Gasteiger partial charge in [0.1, 0.15) is 0 Å². The van der Waals surface area contributed by atoms with E-state index in [2.05, 4.69) is 50.6 Å². The largest absolute Gasteiger partial charge is 0.351 e. The maximum atomic E-state index is 12.1. The highest BCUT2D eigenvalue weighted by molar-refractivity contribution is 9.10. The number of carbonyl (C=O) groups is 1. The summed E-state index contributed by atoms with van der Waals surface area (Å²) in [5.41, 5.74) is 1.42. The molecule has 2 rings (SSSR count). The fraction of sp³-hybridized carbons (Fsp3) is 0.714. The zero-order valence-corrected chi connectivity index (χ0v) is 14.9. The van der Waals surface area contributed by atoms with Gasteiger partial charge in [-0.1, -0.05) is 13.8 Å². The minimum absolute atomic E-state index is 0. The standard InChI is InChI=1S/C14H23BrN4O.ClH/c1-9(2)12-11(15)13(19-18-12)14(20)17-7-5-10-4-3-6-16-8-10;/h9-10,16H,3-8H2,1-2H3,(H,17,20)(H,18,19);1H. The Labute approximate surface area is 140 Å². The lowest BCUT2D eigenvalue weighted by atomic mass is 9.96. The van der Waals surface area contributed by atoms with Gasteiger partial charge in [0.05, 0.1) is 10.2 Å². The molecule has 1 aromatic rings. The van der Waals surface area contributed by atoms with Crippen molar-refractivity contribution in [3.8, 4) is 0 Å². The van der Waals surface area contributed by atoms with Gasteiger partial charge in [0.2, 0.25) is 0 Å². The number of nitrogens with zero attached hydrogens (tertiary/aromatic N) is 1. The van der Waals surface area contributed by atoms with Crippen molar-refractivity contribution in [2.24, 2.45) is 5.92 Å². The van der Waals surface area contributed by atoms with Crippen LogP contribution in [0.3, 0.4) is 0 Å². The molecule has 0 radical (unpaired) electrons. The molecule has 1 aromatic heterocycles. The SMILES string of the molecule is CC(C)c1[nH]nc(C(=O)NCCC2CCCNC2)c1Br.Cl. The van der Waals surface area contributed by atoms with Gasteiger partial charge in [0.15, 0.2) is 5.69 Å². The Kier molecular flexibility index (Phi) is 7.70. The Morgan fingerprint density at radius 3 is 2.86 bits per heavy atom. The number of aromatic amines is 1. The van der Waals surface area contributed by atoms with Crippen molar-refractivity contribution < 1.29 is 4.79 Å². The molecule has 0 aliphatic carbocycles. The van der Waals surface area contributed by atoms with E-state index in [9.17, 15) is 4.79 Å². The first kappa shape index (κ1) is 18.5. The van der Waals surface area contributed by atoms with Crippen molar-refractivity contribution in [1.29, 1.82) is 0 Å². The highest BCUT2D eigenvalue weighted by Gasteiger charge is 2.19. The second-order valence-corrected chi connectivity index (χ2v) is 6.50. The van der Waals surface area contributed by atoms with Gasteiger partial charge in [0.25, 0.3) is 5.91 Å². The van der Waals surface area contributed by atoms with Gasteiger partial charge < -0.3 is 10.6 Å². The molecule has 0 spiro atoms. The molecule has 1 fully saturated rings. The topological polar surface area (TPSA) is 69.8 Å². The van der Waals surface area contributed by atoms with Gasteiger partial charge in [-0.15, -0.1) is 12.4 Å². The normalized spacial score (nSPS) is 18.4. The molecule has 1 atom stereocenters. The highest BCUT2D eigenvalue weighted by Crippen LogP contribution is 2.25. The molecule has 5 nitrogen and oxygen atoms in total. The number of hydrogen-bond acceptors (Lipinski definition) is 3. The van der Waals surface area contributed by atoms with Crippen LogP contribution in [-0.2, 0) is 0 Å². The monoisotopic (exact) mass is 378 g/mol. The molecule has 120 valence electrons. The van der Waals surface area contributed by atoms with Gasteiger partial charge in [-0.2, -0.15) is 5.10 Å². The van der Waals surface area contributed by atoms with Crippen molar-refractivity contribution >= 4 is 34.2 Å². The molecule has 1 saturated heterocycles. The van der Waals surface area contributed by atoms with Crippen molar-refractivity contribution in [3.05, 3.63) is 15.9 Å². The number of amides is 1. The van der Waals surface area contributed by atoms with Gasteiger partial charge in [0, 0.05) is 6.54 Å². The minimum Gasteiger partial charge on any atom is -0.351 e. The average Bonchev–Trinajstić information content (AvgIpc) is 2.82. The molecule has 2 heterocycles. The van der Waals surface area contributed by atoms with E-state index in [1.807, 2.05) is 0 Å². The van der Waals surface area contributed by atoms with Crippen molar-refractivity contribution in [1.82, 2.24) is 20.8 Å². The van der Waals surface area contributed by atoms with Crippen LogP contribution in [0.2, 0.25) is 0 Å². The van der Waals surface area contributed by atoms with Crippen molar-refractivity contribution in [3.63, 3.8) is 0 Å². The second-order valence-electron chi connectivity index (χ2n) is 5.71. The maximum Gasteiger partial charge on any atom is 0.272 e. The molecule has 7 heteroatoms. The first-order chi connectivity index (χ1) is 9.59. The smallest absolute Gasteiger partial charge is 0.272 e. The molecule has 21 heavy (non-hydrogen) atoms. The van der Waals surface area contributed by atoms with Gasteiger partial charge >= 0.3 is 0 Å². The Morgan fingerprint density at radius 1 is 1.52 bits per heavy atom. The fourth-order valence-electron chi connectivity index (χ4n) is 2.52. The third-order valence-electron chi connectivity index (χ3n) is 3.76. The van der Waals surface area contributed by atoms with Crippen molar-refractivity contribution in [2.75, 3.05) is 19.6 Å². The first-order valence-corrected chi connectivity index (χ1v) is 8.11. The molecule has 0 aromatic carbocycles. The van der Waals surface area contributed by atoms with E-state index in [0.29, 0.717) is 24.1 Å². The van der Waals surface area contributed by atoms with E-state index in [0.717, 1.165) is 29.7 Å². The quantitative estimate of drug-likeness (QED) is 0.737. The maximum absolute atomic E-state index is 12.1. The lowest BCUT2D eigenvalue weighted by Gasteiger charge is -2.22. The Bertz CT molecular complexity index is 458. The fourth-order valence-corrected chi connectivity index (χ4v) is 3.33. The summed E-state index contributed by atoms with van der Waals surface area (Å²) in [5, 5.41) is 13.4. The van der Waals surface area contributed by atoms with Crippen LogP contribution in [0.5, 0.6) is 0 Å². The summed E-state index contributed by atoms with van der Waals surface area (Å²) in [6.45, 7) is 7.04. The van der Waals surface area contributed by atoms with Crippen LogP contribution >= 0.6 is 28.3 Å². The molecule has 1 aliphatic heterocycles. The number of H-pyrrole nitrogens is 1. The number of carbonyl (C=O) groups excluding carboxylic acids is 1. The van der Waals surface area contributed by atoms with Gasteiger partial charge in [-0.05, 0) is 60.1 Å². The van der Waals surface area contributed by atoms with Crippen LogP contribution in [0.25, 0.3) is 0 Å². The van der Waals surface area contributed by atoms with Gasteiger partial charge in [-0.3, -0.25) is 9.89 Å². The van der Waals surface area contributed by atoms with E-state index in [-0.39, 0.29) is 18.3 Å². The Balaban J connectivity index is 0.00000220. The molecule has 3 N–H and O–H groups in total. The van der Waals surface area contributed by atoms with E-state index < -0.39 is 0 Å². The summed E-state index contributed by atoms with van der Waals surface area (Å²) < 4.78 is 0.782. The van der Waals surface area contributed by atoms with Crippen LogP contribution < -0.4 is 10.6 Å². The Morgan fingerprint density at radius 2 is 2.29 bits per heavy atom. The zero-order valence-electron chi connectivity index (χ0n) is 12.5. The Hall–Kier alpha value is -0.590. The summed E-state index contributed by atoms with van der Waals surface area (Å²) in [6.07, 6.45) is 3.52. The highest BCUT2D eigenvalue weighted by atomic mass is 79.9. The molecule has 1 aliphatic rings. The number of hydrogen-bond donors (Lipinski definition) is 3. The molecule has 1 amide bonds. The minimum atomic E-state index is -0.108. The number of nitrogens with one attached hydrogen (secondary N) is 3. The zero-order chi connectivity index (χ0) is 14.5. The van der Waals surface area contributed by atoms with Crippen LogP contribution in [-0.4, -0.2) is 35.7 Å². The summed E-state index contributed by atoms with van der Waals surface area (Å²) in [4.78, 5) is 12.1. The van der Waals surface area contributed by atoms with Gasteiger partial charge in [-0.25, -0.2) is 0 Å². The van der Waals surface area contributed by atoms with Crippen LogP contribution in [0, 0.1) is 5.92 Å². The molecule has 0 bridgehead atoms. The van der Waals surface area contributed by atoms with E-state index in [1.54, 1.807) is 0 Å². The first-order valence-electron chi connectivity index (χ1n) is 7.32. The predicted octanol–water partition coefficient (Wildman–Crippen LogP) is 2.84. The summed E-state index contributed by atoms with van der Waals surface area (Å²) in [6, 6.07) is 0. The predicted molar refractivity (Wildman–Crippen MR) is 90.2 cm³/mol. The van der Waals surface area contributed by atoms with Crippen LogP contribution in [0.1, 0.15) is 55.2 Å². The summed E-state index contributed by atoms with van der Waals surface area (Å²) >= 11 is 3.46. The van der Waals surface area contributed by atoms with Crippen LogP contribution in [0.4, 0.5) is 0 Å². The third-order valence-corrected chi connectivity index (χ3v) is 4.56. The van der Waals surface area contributed by atoms with Crippen LogP contribution in [0.15, 0.2) is 4.47 Å². The van der Waals surface area contributed by atoms with E-state index >= 15 is 0 Å². The summed E-state index contributed by atoms with van der Waals surface area (Å²) in [7, 11) is 0. The molecule has 1 unspecified atom stereocenters. The number of halogens is 2. The lowest BCUT2D eigenvalue weighted by Crippen LogP contribution is -2.33. The van der Waals surface area contributed by atoms with Crippen molar-refractivity contribution in [2.45, 2.75) is 39.0 Å². The van der Waals surface area contributed by atoms with E-state index in [1.165, 1.54) is 12.8 Å².